The van der Waals surface area contributed by atoms with Gasteiger partial charge in [-0.25, -0.2) is 0 Å². The molecule has 448 valence electrons. The number of primary amides is 1. The third-order valence-electron chi connectivity index (χ3n) is 13.2. The second kappa shape index (κ2) is 31.4. The minimum absolute atomic E-state index is 0.00183. The van der Waals surface area contributed by atoms with Gasteiger partial charge in [0.15, 0.2) is 0 Å². The van der Waals surface area contributed by atoms with Gasteiger partial charge < -0.3 is 69.5 Å². The lowest BCUT2D eigenvalue weighted by atomic mass is 9.96. The maximum Gasteiger partial charge on any atom is 0.246 e. The van der Waals surface area contributed by atoms with Crippen LogP contribution >= 0.6 is 0 Å². The number of rotatable bonds is 31. The highest BCUT2D eigenvalue weighted by Crippen LogP contribution is 2.17. The quantitative estimate of drug-likeness (QED) is 0.0331. The fourth-order valence-corrected chi connectivity index (χ4v) is 8.48. The predicted molar refractivity (Wildman–Crippen MR) is 310 cm³/mol. The fraction of sp³-hybridized carbons (Fsp3) is 0.433. The van der Waals surface area contributed by atoms with Crippen LogP contribution in [0.15, 0.2) is 109 Å². The van der Waals surface area contributed by atoms with Crippen molar-refractivity contribution in [3.8, 4) is 11.5 Å². The zero-order valence-corrected chi connectivity index (χ0v) is 48.3. The van der Waals surface area contributed by atoms with Crippen molar-refractivity contribution in [2.24, 2.45) is 23.3 Å². The summed E-state index contributed by atoms with van der Waals surface area (Å²) in [6.45, 7) is 11.8. The van der Waals surface area contributed by atoms with E-state index >= 15 is 0 Å². The summed E-state index contributed by atoms with van der Waals surface area (Å²) in [6.07, 6.45) is 0.245. The van der Waals surface area contributed by atoms with E-state index < -0.39 is 119 Å². The Morgan fingerprint density at radius 2 is 0.807 bits per heavy atom. The number of hydrogen-bond donors (Lipinski definition) is 13. The molecule has 0 radical (unpaired) electrons. The molecule has 10 amide bonds. The van der Waals surface area contributed by atoms with E-state index in [0.29, 0.717) is 22.3 Å². The lowest BCUT2D eigenvalue weighted by molar-refractivity contribution is -0.139. The standard InChI is InChI=1S/C60H81N11O12/c1-35(2)27-44(51(62)76)66-55(80)47(31-38-17-13-10-14-18-38)69-57(82)59(5,6)71-58(83)60(7,8)70-56(81)48(32-40-21-25-42(73)26-22-40)68-53(78)45(28-36(3)4)67-54(79)46(30-37-15-11-9-12-16-37)65-50(75)34-63-49(74)33-64-52(77)43(61)29-39-19-23-41(72)24-20-39/h9-26,35-36,43-48,72-73H,27-34,61H2,1-8H3,(H2,62,76)(H,63,74)(H,64,77)(H,65,75)(H,66,80)(H,67,79)(H,68,78)(H,69,82)(H,70,81)(H,71,83)/t43-,44-,45-,46-,47-,48-/m0/s1. The zero-order chi connectivity index (χ0) is 61.6. The van der Waals surface area contributed by atoms with Crippen LogP contribution in [0.1, 0.15) is 90.5 Å². The van der Waals surface area contributed by atoms with Crippen LogP contribution in [-0.4, -0.2) is 130 Å². The van der Waals surface area contributed by atoms with Crippen LogP contribution in [-0.2, 0) is 73.6 Å². The van der Waals surface area contributed by atoms with E-state index in [-0.39, 0.29) is 61.9 Å². The third-order valence-corrected chi connectivity index (χ3v) is 13.2. The van der Waals surface area contributed by atoms with Gasteiger partial charge in [0.2, 0.25) is 59.1 Å². The summed E-state index contributed by atoms with van der Waals surface area (Å²) in [5.74, 6) is -7.82. The molecular formula is C60H81N11O12. The van der Waals surface area contributed by atoms with E-state index in [0.717, 1.165) is 0 Å². The van der Waals surface area contributed by atoms with Crippen LogP contribution < -0.4 is 59.3 Å². The Balaban J connectivity index is 1.48. The van der Waals surface area contributed by atoms with Crippen molar-refractivity contribution in [2.75, 3.05) is 13.1 Å². The van der Waals surface area contributed by atoms with Gasteiger partial charge in [0.25, 0.3) is 0 Å². The molecule has 0 fully saturated rings. The van der Waals surface area contributed by atoms with Gasteiger partial charge in [-0.05, 0) is 105 Å². The van der Waals surface area contributed by atoms with Crippen LogP contribution in [0.4, 0.5) is 0 Å². The molecule has 4 aromatic rings. The topological polar surface area (TPSA) is 371 Å². The number of nitrogens with one attached hydrogen (secondary N) is 9. The lowest BCUT2D eigenvalue weighted by Crippen LogP contribution is -2.66. The Hall–Kier alpha value is -8.86. The minimum Gasteiger partial charge on any atom is -0.508 e. The number of benzene rings is 4. The maximum absolute atomic E-state index is 14.5. The van der Waals surface area contributed by atoms with Crippen LogP contribution in [0.25, 0.3) is 0 Å². The summed E-state index contributed by atoms with van der Waals surface area (Å²) in [6, 6.07) is 22.2. The smallest absolute Gasteiger partial charge is 0.246 e. The molecule has 4 rings (SSSR count). The number of carbonyl (C=O) groups is 10. The molecule has 0 aliphatic rings. The van der Waals surface area contributed by atoms with Crippen molar-refractivity contribution in [1.82, 2.24) is 47.9 Å². The van der Waals surface area contributed by atoms with Gasteiger partial charge in [-0.1, -0.05) is 113 Å². The Labute approximate surface area is 484 Å². The Kier molecular flexibility index (Phi) is 25.2. The Morgan fingerprint density at radius 3 is 1.29 bits per heavy atom. The minimum atomic E-state index is -1.77. The molecule has 83 heavy (non-hydrogen) atoms. The van der Waals surface area contributed by atoms with Crippen LogP contribution in [0.2, 0.25) is 0 Å². The van der Waals surface area contributed by atoms with Crippen LogP contribution in [0.3, 0.4) is 0 Å². The molecule has 23 nitrogen and oxygen atoms in total. The zero-order valence-electron chi connectivity index (χ0n) is 48.3. The first-order valence-corrected chi connectivity index (χ1v) is 27.4. The maximum atomic E-state index is 14.5. The molecule has 0 aliphatic carbocycles. The number of carbonyl (C=O) groups excluding carboxylic acids is 10. The number of amides is 10. The molecule has 0 heterocycles. The largest absolute Gasteiger partial charge is 0.508 e. The number of phenolic OH excluding ortho intramolecular Hbond substituents is 2. The lowest BCUT2D eigenvalue weighted by Gasteiger charge is -2.34. The Morgan fingerprint density at radius 1 is 0.422 bits per heavy atom. The van der Waals surface area contributed by atoms with Gasteiger partial charge in [-0.15, -0.1) is 0 Å². The summed E-state index contributed by atoms with van der Waals surface area (Å²) in [5.41, 5.74) is 10.6. The first-order chi connectivity index (χ1) is 39.0. The number of nitrogens with two attached hydrogens (primary N) is 2. The predicted octanol–water partition coefficient (Wildman–Crippen LogP) is 0.719. The van der Waals surface area contributed by atoms with Gasteiger partial charge >= 0.3 is 0 Å². The molecule has 0 bridgehead atoms. The summed E-state index contributed by atoms with van der Waals surface area (Å²) in [4.78, 5) is 136. The van der Waals surface area contributed by atoms with Gasteiger partial charge in [0.05, 0.1) is 19.1 Å². The molecule has 4 aromatic carbocycles. The van der Waals surface area contributed by atoms with E-state index in [9.17, 15) is 58.2 Å². The van der Waals surface area contributed by atoms with E-state index in [4.69, 9.17) is 11.5 Å². The summed E-state index contributed by atoms with van der Waals surface area (Å²) in [7, 11) is 0. The molecule has 23 heteroatoms. The van der Waals surface area contributed by atoms with Gasteiger partial charge in [-0.3, -0.25) is 47.9 Å². The number of hydrogen-bond acceptors (Lipinski definition) is 13. The van der Waals surface area contributed by atoms with E-state index in [1.165, 1.54) is 64.1 Å². The van der Waals surface area contributed by atoms with Crippen LogP contribution in [0, 0.1) is 11.8 Å². The van der Waals surface area contributed by atoms with Crippen molar-refractivity contribution in [2.45, 2.75) is 141 Å². The van der Waals surface area contributed by atoms with Crippen molar-refractivity contribution in [3.05, 3.63) is 131 Å². The molecule has 0 spiro atoms. The van der Waals surface area contributed by atoms with Crippen molar-refractivity contribution in [3.63, 3.8) is 0 Å². The molecule has 6 atom stereocenters. The summed E-state index contributed by atoms with van der Waals surface area (Å²) >= 11 is 0. The monoisotopic (exact) mass is 1150 g/mol. The molecule has 0 aromatic heterocycles. The second-order valence-electron chi connectivity index (χ2n) is 22.4. The normalized spacial score (nSPS) is 13.6. The third kappa shape index (κ3) is 22.9. The van der Waals surface area contributed by atoms with Crippen molar-refractivity contribution in [1.29, 1.82) is 0 Å². The molecule has 0 saturated carbocycles. The van der Waals surface area contributed by atoms with Crippen LogP contribution in [0.5, 0.6) is 11.5 Å². The molecule has 0 saturated heterocycles. The van der Waals surface area contributed by atoms with E-state index in [1.807, 2.05) is 13.8 Å². The van der Waals surface area contributed by atoms with Gasteiger partial charge in [0, 0.05) is 19.3 Å². The highest BCUT2D eigenvalue weighted by atomic mass is 16.3. The SMILES string of the molecule is CC(C)C[C@H](NC(=O)[C@H](Cc1ccccc1)NC(=O)C(C)(C)NC(=O)C(C)(C)NC(=O)[C@H](Cc1ccc(O)cc1)NC(=O)[C@H](CC(C)C)NC(=O)[C@H](Cc1ccccc1)NC(=O)CNC(=O)CNC(=O)[C@@H](N)Cc1ccc(O)cc1)C(N)=O. The van der Waals surface area contributed by atoms with Crippen molar-refractivity contribution < 1.29 is 58.2 Å². The highest BCUT2D eigenvalue weighted by Gasteiger charge is 2.40. The van der Waals surface area contributed by atoms with Gasteiger partial charge in [-0.2, -0.15) is 0 Å². The molecule has 15 N–H and O–H groups in total. The molecular weight excluding hydrogens is 1070 g/mol. The van der Waals surface area contributed by atoms with E-state index in [2.05, 4.69) is 47.9 Å². The van der Waals surface area contributed by atoms with E-state index in [1.54, 1.807) is 86.6 Å². The first kappa shape index (κ1) is 66.7. The van der Waals surface area contributed by atoms with Gasteiger partial charge in [0.1, 0.15) is 52.8 Å². The second-order valence-corrected chi connectivity index (χ2v) is 22.4. The highest BCUT2D eigenvalue weighted by molar-refractivity contribution is 6.00. The molecule has 0 unspecified atom stereocenters. The van der Waals surface area contributed by atoms with Crippen molar-refractivity contribution >= 4 is 59.1 Å². The molecule has 0 aliphatic heterocycles. The summed E-state index contributed by atoms with van der Waals surface area (Å²) in [5, 5.41) is 43.2. The Bertz CT molecular complexity index is 2870. The number of aromatic hydroxyl groups is 2. The average molecular weight is 1150 g/mol. The fourth-order valence-electron chi connectivity index (χ4n) is 8.48. The summed E-state index contributed by atoms with van der Waals surface area (Å²) < 4.78 is 0. The number of phenols is 2. The average Bonchev–Trinajstić information content (AvgIpc) is 3.58. The first-order valence-electron chi connectivity index (χ1n) is 27.4.